The molecule has 2 saturated heterocycles. The molecular weight excluding hydrogens is 290 g/mol. The van der Waals surface area contributed by atoms with Gasteiger partial charge in [0.15, 0.2) is 0 Å². The number of carbonyl (C=O) groups excluding carboxylic acids is 2. The number of hydrogen-bond acceptors (Lipinski definition) is 3. The molecule has 0 aromatic rings. The number of piperidine rings is 1. The van der Waals surface area contributed by atoms with Crippen molar-refractivity contribution in [3.8, 4) is 0 Å². The van der Waals surface area contributed by atoms with Crippen molar-refractivity contribution in [3.63, 3.8) is 0 Å². The first-order valence-electron chi connectivity index (χ1n) is 9.32. The van der Waals surface area contributed by atoms with E-state index < -0.39 is 0 Å². The second-order valence-corrected chi connectivity index (χ2v) is 7.41. The highest BCUT2D eigenvalue weighted by Gasteiger charge is 2.33. The van der Waals surface area contributed by atoms with Gasteiger partial charge in [0.25, 0.3) is 0 Å². The van der Waals surface area contributed by atoms with E-state index in [9.17, 15) is 9.59 Å². The normalized spacial score (nSPS) is 25.0. The van der Waals surface area contributed by atoms with Crippen LogP contribution in [0.1, 0.15) is 59.3 Å². The smallest absolute Gasteiger partial charge is 0.237 e. The molecule has 2 heterocycles. The molecule has 0 saturated carbocycles. The number of rotatable bonds is 4. The summed E-state index contributed by atoms with van der Waals surface area (Å²) in [6.45, 7) is 9.38. The maximum absolute atomic E-state index is 12.8. The summed E-state index contributed by atoms with van der Waals surface area (Å²) in [4.78, 5) is 29.3. The molecule has 0 unspecified atom stereocenters. The molecule has 2 rings (SSSR count). The summed E-state index contributed by atoms with van der Waals surface area (Å²) in [5.74, 6) is 0.451. The summed E-state index contributed by atoms with van der Waals surface area (Å²) in [5.41, 5.74) is 0. The van der Waals surface area contributed by atoms with Gasteiger partial charge in [0.2, 0.25) is 11.8 Å². The Hall–Kier alpha value is -1.10. The summed E-state index contributed by atoms with van der Waals surface area (Å²) in [5, 5.41) is 2.98. The number of amides is 2. The number of hydrogen-bond donors (Lipinski definition) is 1. The number of nitrogens with zero attached hydrogens (tertiary/aromatic N) is 2. The lowest BCUT2D eigenvalue weighted by molar-refractivity contribution is -0.139. The first kappa shape index (κ1) is 18.2. The van der Waals surface area contributed by atoms with Gasteiger partial charge in [-0.15, -0.1) is 0 Å². The molecule has 132 valence electrons. The lowest BCUT2D eigenvalue weighted by atomic mass is 9.95. The Bertz CT molecular complexity index is 403. The highest BCUT2D eigenvalue weighted by atomic mass is 16.2. The van der Waals surface area contributed by atoms with E-state index in [1.807, 2.05) is 20.8 Å². The first-order chi connectivity index (χ1) is 11.0. The minimum absolute atomic E-state index is 0.0659. The zero-order chi connectivity index (χ0) is 16.8. The molecule has 2 amide bonds. The van der Waals surface area contributed by atoms with Crippen LogP contribution in [0.5, 0.6) is 0 Å². The second kappa shape index (κ2) is 8.67. The van der Waals surface area contributed by atoms with Crippen molar-refractivity contribution in [1.29, 1.82) is 0 Å². The Labute approximate surface area is 140 Å². The quantitative estimate of drug-likeness (QED) is 0.861. The maximum atomic E-state index is 12.8. The summed E-state index contributed by atoms with van der Waals surface area (Å²) in [7, 11) is 0. The third kappa shape index (κ3) is 5.20. The molecule has 5 heteroatoms. The van der Waals surface area contributed by atoms with Crippen molar-refractivity contribution in [2.45, 2.75) is 71.4 Å². The molecule has 0 radical (unpaired) electrons. The van der Waals surface area contributed by atoms with E-state index in [4.69, 9.17) is 0 Å². The van der Waals surface area contributed by atoms with Crippen molar-refractivity contribution in [3.05, 3.63) is 0 Å². The maximum Gasteiger partial charge on any atom is 0.237 e. The zero-order valence-electron chi connectivity index (χ0n) is 15.0. The van der Waals surface area contributed by atoms with E-state index in [1.54, 1.807) is 0 Å². The molecule has 2 atom stereocenters. The summed E-state index contributed by atoms with van der Waals surface area (Å²) < 4.78 is 0. The molecule has 0 aromatic heterocycles. The standard InChI is InChI=1S/C18H33N3O2/c1-14(2)19-17(22)15(3)21-12-8-9-16(13-21)18(23)20-10-6-4-5-7-11-20/h14-16H,4-13H2,1-3H3,(H,19,22)/t15-,16+/m0/s1. The van der Waals surface area contributed by atoms with Gasteiger partial charge in [0, 0.05) is 25.7 Å². The van der Waals surface area contributed by atoms with Gasteiger partial charge in [-0.25, -0.2) is 0 Å². The van der Waals surface area contributed by atoms with Gasteiger partial charge in [-0.2, -0.15) is 0 Å². The Balaban J connectivity index is 1.91. The minimum atomic E-state index is -0.155. The van der Waals surface area contributed by atoms with Gasteiger partial charge in [-0.1, -0.05) is 12.8 Å². The fraction of sp³-hybridized carbons (Fsp3) is 0.889. The molecule has 5 nitrogen and oxygen atoms in total. The van der Waals surface area contributed by atoms with Crippen LogP contribution >= 0.6 is 0 Å². The van der Waals surface area contributed by atoms with Crippen molar-refractivity contribution < 1.29 is 9.59 Å². The van der Waals surface area contributed by atoms with E-state index in [-0.39, 0.29) is 23.9 Å². The van der Waals surface area contributed by atoms with E-state index in [0.717, 1.165) is 51.9 Å². The Morgan fingerprint density at radius 3 is 2.22 bits per heavy atom. The van der Waals surface area contributed by atoms with Crippen LogP contribution < -0.4 is 5.32 Å². The molecule has 23 heavy (non-hydrogen) atoms. The third-order valence-electron chi connectivity index (χ3n) is 5.08. The number of nitrogens with one attached hydrogen (secondary N) is 1. The highest BCUT2D eigenvalue weighted by molar-refractivity contribution is 5.82. The van der Waals surface area contributed by atoms with Gasteiger partial charge >= 0.3 is 0 Å². The largest absolute Gasteiger partial charge is 0.353 e. The van der Waals surface area contributed by atoms with Crippen LogP contribution in [-0.2, 0) is 9.59 Å². The van der Waals surface area contributed by atoms with Crippen LogP contribution in [-0.4, -0.2) is 59.9 Å². The van der Waals surface area contributed by atoms with Crippen LogP contribution in [0.4, 0.5) is 0 Å². The van der Waals surface area contributed by atoms with Gasteiger partial charge in [0.1, 0.15) is 0 Å². The Kier molecular flexibility index (Phi) is 6.88. The molecule has 0 aromatic carbocycles. The molecule has 2 aliphatic heterocycles. The fourth-order valence-electron chi connectivity index (χ4n) is 3.68. The zero-order valence-corrected chi connectivity index (χ0v) is 15.0. The SMILES string of the molecule is CC(C)NC(=O)[C@H](C)N1CCC[C@@H](C(=O)N2CCCCCC2)C1. The molecular formula is C18H33N3O2. The highest BCUT2D eigenvalue weighted by Crippen LogP contribution is 2.22. The molecule has 0 bridgehead atoms. The van der Waals surface area contributed by atoms with Gasteiger partial charge < -0.3 is 10.2 Å². The predicted molar refractivity (Wildman–Crippen MR) is 92.1 cm³/mol. The minimum Gasteiger partial charge on any atom is -0.353 e. The van der Waals surface area contributed by atoms with E-state index in [1.165, 1.54) is 12.8 Å². The van der Waals surface area contributed by atoms with E-state index >= 15 is 0 Å². The third-order valence-corrected chi connectivity index (χ3v) is 5.08. The lowest BCUT2D eigenvalue weighted by Crippen LogP contribution is -2.52. The summed E-state index contributed by atoms with van der Waals surface area (Å²) in [6, 6.07) is 0.00130. The molecule has 2 fully saturated rings. The lowest BCUT2D eigenvalue weighted by Gasteiger charge is -2.37. The van der Waals surface area contributed by atoms with Crippen molar-refractivity contribution >= 4 is 11.8 Å². The predicted octanol–water partition coefficient (Wildman–Crippen LogP) is 2.01. The van der Waals surface area contributed by atoms with Crippen LogP contribution in [0.25, 0.3) is 0 Å². The Morgan fingerprint density at radius 1 is 0.957 bits per heavy atom. The van der Waals surface area contributed by atoms with Gasteiger partial charge in [-0.05, 0) is 53.0 Å². The summed E-state index contributed by atoms with van der Waals surface area (Å²) in [6.07, 6.45) is 6.72. The second-order valence-electron chi connectivity index (χ2n) is 7.41. The van der Waals surface area contributed by atoms with E-state index in [0.29, 0.717) is 5.91 Å². The Morgan fingerprint density at radius 2 is 1.61 bits per heavy atom. The molecule has 2 aliphatic rings. The van der Waals surface area contributed by atoms with Crippen molar-refractivity contribution in [2.24, 2.45) is 5.92 Å². The topological polar surface area (TPSA) is 52.7 Å². The van der Waals surface area contributed by atoms with Crippen molar-refractivity contribution in [1.82, 2.24) is 15.1 Å². The van der Waals surface area contributed by atoms with Gasteiger partial charge in [-0.3, -0.25) is 14.5 Å². The van der Waals surface area contributed by atoms with Crippen LogP contribution in [0, 0.1) is 5.92 Å². The average Bonchev–Trinajstić information content (AvgIpc) is 2.82. The monoisotopic (exact) mass is 323 g/mol. The number of carbonyl (C=O) groups is 2. The fourth-order valence-corrected chi connectivity index (χ4v) is 3.68. The van der Waals surface area contributed by atoms with Crippen LogP contribution in [0.2, 0.25) is 0 Å². The van der Waals surface area contributed by atoms with Gasteiger partial charge in [0.05, 0.1) is 12.0 Å². The van der Waals surface area contributed by atoms with E-state index in [2.05, 4.69) is 15.1 Å². The number of likely N-dealkylation sites (tertiary alicyclic amines) is 2. The first-order valence-corrected chi connectivity index (χ1v) is 9.32. The molecule has 0 spiro atoms. The summed E-state index contributed by atoms with van der Waals surface area (Å²) >= 11 is 0. The molecule has 1 N–H and O–H groups in total. The van der Waals surface area contributed by atoms with Crippen LogP contribution in [0.3, 0.4) is 0 Å². The van der Waals surface area contributed by atoms with Crippen molar-refractivity contribution in [2.75, 3.05) is 26.2 Å². The molecule has 0 aliphatic carbocycles. The average molecular weight is 323 g/mol. The van der Waals surface area contributed by atoms with Crippen LogP contribution in [0.15, 0.2) is 0 Å².